The predicted molar refractivity (Wildman–Crippen MR) is 340 cm³/mol. The largest absolute Gasteiger partial charge is 3.00 e. The van der Waals surface area contributed by atoms with Gasteiger partial charge in [-0.25, -0.2) is 0 Å². The molecule has 3 aromatic heterocycles. The van der Waals surface area contributed by atoms with Gasteiger partial charge < -0.3 is 15.0 Å². The molecule has 0 atom stereocenters. The van der Waals surface area contributed by atoms with Gasteiger partial charge in [-0.2, -0.15) is 0 Å². The number of benzene rings is 6. The van der Waals surface area contributed by atoms with Crippen molar-refractivity contribution in [2.24, 2.45) is 0 Å². The van der Waals surface area contributed by atoms with E-state index in [1.165, 1.54) is 183 Å². The van der Waals surface area contributed by atoms with Gasteiger partial charge >= 0.3 is 20.1 Å². The number of pyridine rings is 3. The first-order valence-electron chi connectivity index (χ1n) is 28.3. The van der Waals surface area contributed by atoms with E-state index in [-0.39, 0.29) is 20.1 Å². The first-order chi connectivity index (χ1) is 36.2. The van der Waals surface area contributed by atoms with Crippen molar-refractivity contribution in [1.29, 1.82) is 0 Å². The third kappa shape index (κ3) is 10.3. The molecule has 0 aliphatic rings. The van der Waals surface area contributed by atoms with Crippen LogP contribution in [0.3, 0.4) is 0 Å². The third-order valence-electron chi connectivity index (χ3n) is 20.2. The number of rotatable bonds is 3. The van der Waals surface area contributed by atoms with Gasteiger partial charge in [0.05, 0.1) is 0 Å². The van der Waals surface area contributed by atoms with Crippen LogP contribution in [0.4, 0.5) is 0 Å². The molecule has 0 amide bonds. The fraction of sp³-hybridized carbons (Fsp3) is 0.400. The summed E-state index contributed by atoms with van der Waals surface area (Å²) >= 11 is 0. The van der Waals surface area contributed by atoms with E-state index in [0.29, 0.717) is 0 Å². The van der Waals surface area contributed by atoms with E-state index in [9.17, 15) is 0 Å². The average Bonchev–Trinajstić information content (AvgIpc) is 3.58. The van der Waals surface area contributed by atoms with Crippen molar-refractivity contribution in [2.45, 2.75) is 208 Å². The Morgan fingerprint density at radius 3 is 0.532 bits per heavy atom. The van der Waals surface area contributed by atoms with Gasteiger partial charge in [0, 0.05) is 17.1 Å². The van der Waals surface area contributed by atoms with Gasteiger partial charge in [0.1, 0.15) is 0 Å². The van der Waals surface area contributed by atoms with E-state index in [1.807, 2.05) is 0 Å². The van der Waals surface area contributed by atoms with Gasteiger partial charge in [0.25, 0.3) is 0 Å². The summed E-state index contributed by atoms with van der Waals surface area (Å²) in [5, 5.41) is 8.02. The van der Waals surface area contributed by atoms with E-state index < -0.39 is 0 Å². The molecule has 0 fully saturated rings. The Balaban J connectivity index is 0.000000190. The monoisotopic (exact) mass is 1230 g/mol. The summed E-state index contributed by atoms with van der Waals surface area (Å²) in [4.78, 5) is 15.3. The number of aromatic nitrogens is 3. The van der Waals surface area contributed by atoms with E-state index in [2.05, 4.69) is 226 Å². The van der Waals surface area contributed by atoms with Crippen LogP contribution in [0.1, 0.15) is 167 Å². The first-order valence-corrected chi connectivity index (χ1v) is 28.3. The minimum Gasteiger partial charge on any atom is -0.301 e. The minimum absolute atomic E-state index is 0. The summed E-state index contributed by atoms with van der Waals surface area (Å²) in [6, 6.07) is 11.0. The zero-order valence-corrected chi connectivity index (χ0v) is 56.6. The molecular formula is C75H90IrN3. The van der Waals surface area contributed by atoms with Gasteiger partial charge in [-0.3, -0.25) is 0 Å². The normalized spacial score (nSPS) is 11.3. The molecule has 4 heteroatoms. The maximum Gasteiger partial charge on any atom is 3.00 e. The standard InChI is InChI=1S/3C25H30N.Ir/c3*1-12-11-22(17(6)14(3)13(12)2)25-24-19(8)16(5)15(4)18(7)23(24)20(9)21(10)26-25;/h3*1-10H3;/q3*-1;+3. The minimum atomic E-state index is 0. The van der Waals surface area contributed by atoms with Crippen LogP contribution < -0.4 is 0 Å². The molecule has 0 N–H and O–H groups in total. The van der Waals surface area contributed by atoms with Crippen LogP contribution in [-0.4, -0.2) is 15.0 Å². The predicted octanol–water partition coefficient (Wildman–Crippen LogP) is 20.4. The van der Waals surface area contributed by atoms with Crippen molar-refractivity contribution in [1.82, 2.24) is 15.0 Å². The Morgan fingerprint density at radius 1 is 0.177 bits per heavy atom. The van der Waals surface area contributed by atoms with E-state index in [4.69, 9.17) is 15.0 Å². The molecule has 6 aromatic carbocycles. The number of aryl methyl sites for hydroxylation is 15. The van der Waals surface area contributed by atoms with Crippen molar-refractivity contribution in [3.8, 4) is 33.8 Å². The molecule has 0 unspecified atom stereocenters. The fourth-order valence-corrected chi connectivity index (χ4v) is 12.3. The van der Waals surface area contributed by atoms with Gasteiger partial charge in [0.15, 0.2) is 0 Å². The summed E-state index contributed by atoms with van der Waals surface area (Å²) in [7, 11) is 0. The molecule has 0 radical (unpaired) electrons. The van der Waals surface area contributed by atoms with E-state index in [1.54, 1.807) is 0 Å². The second-order valence-corrected chi connectivity index (χ2v) is 23.8. The summed E-state index contributed by atoms with van der Waals surface area (Å²) in [5.41, 5.74) is 46.0. The van der Waals surface area contributed by atoms with Crippen LogP contribution in [0.2, 0.25) is 0 Å². The van der Waals surface area contributed by atoms with E-state index >= 15 is 0 Å². The first kappa shape index (κ1) is 62.4. The smallest absolute Gasteiger partial charge is 0.301 e. The SMILES string of the molecule is Cc1[c-]c(-c2nc(C)c(C)c3c(C)c(C)c(C)c(C)c23)c(C)c(C)c1C.Cc1[c-]c(-c2nc(C)c(C)c3c(C)c(C)c(C)c(C)c23)c(C)c(C)c1C.Cc1[c-]c(-c2nc(C)c(C)c3c(C)c(C)c(C)c(C)c23)c(C)c(C)c1C.[Ir+3]. The summed E-state index contributed by atoms with van der Waals surface area (Å²) < 4.78 is 0. The van der Waals surface area contributed by atoms with Crippen LogP contribution in [-0.2, 0) is 20.1 Å². The summed E-state index contributed by atoms with van der Waals surface area (Å²) in [6.07, 6.45) is 0. The number of fused-ring (bicyclic) bond motifs is 3. The molecule has 3 heterocycles. The van der Waals surface area contributed by atoms with Gasteiger partial charge in [-0.05, 0) is 257 Å². The maximum absolute atomic E-state index is 5.09. The summed E-state index contributed by atoms with van der Waals surface area (Å²) in [5.74, 6) is 0. The molecule has 0 saturated carbocycles. The van der Waals surface area contributed by atoms with Gasteiger partial charge in [-0.15, -0.1) is 102 Å². The number of hydrogen-bond acceptors (Lipinski definition) is 3. The molecule has 0 saturated heterocycles. The Bertz CT molecular complexity index is 3630. The zero-order chi connectivity index (χ0) is 58.5. The van der Waals surface area contributed by atoms with Crippen LogP contribution in [0.5, 0.6) is 0 Å². The molecule has 9 aromatic rings. The molecular weight excluding hydrogens is 1140 g/mol. The second kappa shape index (κ2) is 23.0. The maximum atomic E-state index is 5.09. The molecule has 0 aliphatic carbocycles. The Labute approximate surface area is 491 Å². The molecule has 0 spiro atoms. The van der Waals surface area contributed by atoms with Gasteiger partial charge in [-0.1, -0.05) is 83.1 Å². The van der Waals surface area contributed by atoms with Crippen molar-refractivity contribution in [3.63, 3.8) is 0 Å². The number of nitrogens with zero attached hydrogens (tertiary/aromatic N) is 3. The zero-order valence-electron chi connectivity index (χ0n) is 54.2. The van der Waals surface area contributed by atoms with Crippen LogP contribution in [0.25, 0.3) is 66.1 Å². The van der Waals surface area contributed by atoms with Crippen LogP contribution in [0, 0.1) is 226 Å². The Morgan fingerprint density at radius 2 is 0.342 bits per heavy atom. The quantitative estimate of drug-likeness (QED) is 0.166. The van der Waals surface area contributed by atoms with E-state index in [0.717, 1.165) is 50.9 Å². The topological polar surface area (TPSA) is 38.7 Å². The average molecular weight is 1230 g/mol. The van der Waals surface area contributed by atoms with Crippen LogP contribution in [0.15, 0.2) is 0 Å². The van der Waals surface area contributed by atoms with Crippen LogP contribution >= 0.6 is 0 Å². The molecule has 0 bridgehead atoms. The molecule has 79 heavy (non-hydrogen) atoms. The Hall–Kier alpha value is -5.80. The second-order valence-electron chi connectivity index (χ2n) is 23.8. The molecule has 414 valence electrons. The van der Waals surface area contributed by atoms with Gasteiger partial charge in [0.2, 0.25) is 0 Å². The molecule has 9 rings (SSSR count). The Kier molecular flexibility index (Phi) is 18.2. The molecule has 0 aliphatic heterocycles. The van der Waals surface area contributed by atoms with Crippen molar-refractivity contribution in [2.75, 3.05) is 0 Å². The third-order valence-corrected chi connectivity index (χ3v) is 20.2. The number of hydrogen-bond donors (Lipinski definition) is 0. The van der Waals surface area contributed by atoms with Crippen molar-refractivity contribution >= 4 is 32.3 Å². The van der Waals surface area contributed by atoms with Crippen molar-refractivity contribution in [3.05, 3.63) is 185 Å². The molecule has 3 nitrogen and oxygen atoms in total. The van der Waals surface area contributed by atoms with Crippen molar-refractivity contribution < 1.29 is 20.1 Å². The fourth-order valence-electron chi connectivity index (χ4n) is 12.3. The summed E-state index contributed by atoms with van der Waals surface area (Å²) in [6.45, 7) is 66.2.